The van der Waals surface area contributed by atoms with Crippen LogP contribution in [0.4, 0.5) is 0 Å². The van der Waals surface area contributed by atoms with Gasteiger partial charge in [-0.05, 0) is 37.3 Å². The van der Waals surface area contributed by atoms with E-state index in [-0.39, 0.29) is 0 Å². The summed E-state index contributed by atoms with van der Waals surface area (Å²) < 4.78 is 0. The van der Waals surface area contributed by atoms with Gasteiger partial charge in [0.15, 0.2) is 0 Å². The van der Waals surface area contributed by atoms with E-state index in [2.05, 4.69) is 83.1 Å². The lowest BCUT2D eigenvalue weighted by molar-refractivity contribution is 0.483. The lowest BCUT2D eigenvalue weighted by atomic mass is 9.98. The summed E-state index contributed by atoms with van der Waals surface area (Å²) in [4.78, 5) is 0. The fraction of sp³-hybridized carbons (Fsp3) is 0.286. The van der Waals surface area contributed by atoms with E-state index in [1.54, 1.807) is 0 Å². The fourth-order valence-corrected chi connectivity index (χ4v) is 3.01. The molecule has 0 fully saturated rings. The van der Waals surface area contributed by atoms with Crippen LogP contribution in [0.1, 0.15) is 41.3 Å². The molecule has 0 saturated carbocycles. The van der Waals surface area contributed by atoms with Crippen LogP contribution < -0.4 is 5.32 Å². The molecule has 124 valence electrons. The number of aryl methyl sites for hydroxylation is 2. The Morgan fingerprint density at radius 2 is 1.71 bits per heavy atom. The number of aromatic nitrogens is 2. The van der Waals surface area contributed by atoms with Crippen molar-refractivity contribution in [3.8, 4) is 0 Å². The van der Waals surface area contributed by atoms with E-state index in [0.717, 1.165) is 25.1 Å². The van der Waals surface area contributed by atoms with Gasteiger partial charge in [0.05, 0.1) is 6.20 Å². The van der Waals surface area contributed by atoms with Crippen molar-refractivity contribution >= 4 is 0 Å². The normalized spacial score (nSPS) is 12.2. The summed E-state index contributed by atoms with van der Waals surface area (Å²) in [6, 6.07) is 21.8. The first-order valence-corrected chi connectivity index (χ1v) is 8.64. The molecule has 0 saturated heterocycles. The van der Waals surface area contributed by atoms with Gasteiger partial charge in [0.1, 0.15) is 0 Å². The molecule has 0 spiro atoms. The Morgan fingerprint density at radius 3 is 2.38 bits per heavy atom. The number of hydrogen-bond acceptors (Lipinski definition) is 2. The van der Waals surface area contributed by atoms with Gasteiger partial charge in [-0.3, -0.25) is 5.10 Å². The van der Waals surface area contributed by atoms with E-state index >= 15 is 0 Å². The molecular weight excluding hydrogens is 294 g/mol. The molecule has 3 aromatic rings. The average molecular weight is 319 g/mol. The summed E-state index contributed by atoms with van der Waals surface area (Å²) in [6.45, 7) is 2.91. The smallest absolute Gasteiger partial charge is 0.0535 e. The first kappa shape index (κ1) is 16.5. The molecular formula is C21H25N3. The molecule has 3 heteroatoms. The second-order valence-corrected chi connectivity index (χ2v) is 6.24. The third kappa shape index (κ3) is 4.56. The second kappa shape index (κ2) is 8.46. The Hall–Kier alpha value is -2.39. The number of H-pyrrole nitrogens is 1. The third-order valence-electron chi connectivity index (χ3n) is 4.48. The number of benzene rings is 2. The van der Waals surface area contributed by atoms with Gasteiger partial charge < -0.3 is 5.32 Å². The molecule has 0 radical (unpaired) electrons. The zero-order valence-corrected chi connectivity index (χ0v) is 14.2. The Bertz CT molecular complexity index is 719. The van der Waals surface area contributed by atoms with Crippen LogP contribution in [0.15, 0.2) is 66.9 Å². The van der Waals surface area contributed by atoms with Crippen molar-refractivity contribution < 1.29 is 0 Å². The van der Waals surface area contributed by atoms with Crippen LogP contribution in [-0.4, -0.2) is 10.2 Å². The Balaban J connectivity index is 1.60. The van der Waals surface area contributed by atoms with Crippen LogP contribution in [0.2, 0.25) is 0 Å². The van der Waals surface area contributed by atoms with E-state index in [9.17, 15) is 0 Å². The van der Waals surface area contributed by atoms with Crippen LogP contribution in [-0.2, 0) is 13.0 Å². The van der Waals surface area contributed by atoms with Gasteiger partial charge in [0.25, 0.3) is 0 Å². The highest BCUT2D eigenvalue weighted by Crippen LogP contribution is 2.20. The molecule has 0 aliphatic carbocycles. The second-order valence-electron chi connectivity index (χ2n) is 6.24. The van der Waals surface area contributed by atoms with Crippen molar-refractivity contribution in [2.45, 2.75) is 38.8 Å². The van der Waals surface area contributed by atoms with Crippen LogP contribution in [0.5, 0.6) is 0 Å². The molecule has 3 nitrogen and oxygen atoms in total. The maximum atomic E-state index is 4.11. The van der Waals surface area contributed by atoms with Gasteiger partial charge >= 0.3 is 0 Å². The van der Waals surface area contributed by atoms with E-state index in [0.29, 0.717) is 6.04 Å². The number of nitrogens with one attached hydrogen (secondary N) is 2. The van der Waals surface area contributed by atoms with Crippen molar-refractivity contribution in [2.75, 3.05) is 0 Å². The quantitative estimate of drug-likeness (QED) is 0.638. The zero-order valence-electron chi connectivity index (χ0n) is 14.2. The van der Waals surface area contributed by atoms with E-state index in [1.807, 2.05) is 6.20 Å². The molecule has 24 heavy (non-hydrogen) atoms. The fourth-order valence-electron chi connectivity index (χ4n) is 3.01. The number of hydrogen-bond donors (Lipinski definition) is 2. The average Bonchev–Trinajstić information content (AvgIpc) is 3.04. The molecule has 0 aliphatic heterocycles. The van der Waals surface area contributed by atoms with Crippen LogP contribution in [0.3, 0.4) is 0 Å². The Kier molecular flexibility index (Phi) is 5.80. The maximum Gasteiger partial charge on any atom is 0.0535 e. The van der Waals surface area contributed by atoms with Crippen molar-refractivity contribution in [3.63, 3.8) is 0 Å². The van der Waals surface area contributed by atoms with Gasteiger partial charge in [-0.2, -0.15) is 5.10 Å². The standard InChI is InChI=1S/C21H25N3/c1-17-20(16-23-24-17)15-22-21(19-12-6-3-7-13-19)14-8-11-18-9-4-2-5-10-18/h2-7,9-10,12-13,16,21-22H,8,11,14-15H2,1H3,(H,23,24). The lowest BCUT2D eigenvalue weighted by Crippen LogP contribution is -2.21. The summed E-state index contributed by atoms with van der Waals surface area (Å²) >= 11 is 0. The van der Waals surface area contributed by atoms with Crippen LogP contribution >= 0.6 is 0 Å². The summed E-state index contributed by atoms with van der Waals surface area (Å²) in [5.41, 5.74) is 5.14. The molecule has 0 amide bonds. The van der Waals surface area contributed by atoms with Crippen molar-refractivity contribution in [1.82, 2.24) is 15.5 Å². The van der Waals surface area contributed by atoms with Crippen LogP contribution in [0.25, 0.3) is 0 Å². The summed E-state index contributed by atoms with van der Waals surface area (Å²) in [5.74, 6) is 0. The molecule has 1 atom stereocenters. The molecule has 2 N–H and O–H groups in total. The monoisotopic (exact) mass is 319 g/mol. The minimum atomic E-state index is 0.365. The van der Waals surface area contributed by atoms with Gasteiger partial charge in [0.2, 0.25) is 0 Å². The molecule has 1 heterocycles. The summed E-state index contributed by atoms with van der Waals surface area (Å²) in [6.07, 6.45) is 5.32. The number of aromatic amines is 1. The van der Waals surface area contributed by atoms with Gasteiger partial charge in [0, 0.05) is 23.8 Å². The highest BCUT2D eigenvalue weighted by atomic mass is 15.1. The van der Waals surface area contributed by atoms with Crippen LogP contribution in [0, 0.1) is 6.92 Å². The van der Waals surface area contributed by atoms with E-state index in [1.165, 1.54) is 23.1 Å². The minimum absolute atomic E-state index is 0.365. The highest BCUT2D eigenvalue weighted by molar-refractivity contribution is 5.20. The number of nitrogens with zero attached hydrogens (tertiary/aromatic N) is 1. The Labute approximate surface area is 144 Å². The molecule has 0 aliphatic rings. The molecule has 2 aromatic carbocycles. The largest absolute Gasteiger partial charge is 0.306 e. The Morgan fingerprint density at radius 1 is 1.00 bits per heavy atom. The van der Waals surface area contributed by atoms with E-state index in [4.69, 9.17) is 0 Å². The van der Waals surface area contributed by atoms with Crippen molar-refractivity contribution in [2.24, 2.45) is 0 Å². The molecule has 1 aromatic heterocycles. The lowest BCUT2D eigenvalue weighted by Gasteiger charge is -2.19. The van der Waals surface area contributed by atoms with Crippen molar-refractivity contribution in [3.05, 3.63) is 89.2 Å². The zero-order chi connectivity index (χ0) is 16.6. The number of rotatable bonds is 8. The first-order valence-electron chi connectivity index (χ1n) is 8.64. The third-order valence-corrected chi connectivity index (χ3v) is 4.48. The summed E-state index contributed by atoms with van der Waals surface area (Å²) in [7, 11) is 0. The predicted molar refractivity (Wildman–Crippen MR) is 98.7 cm³/mol. The molecule has 0 bridgehead atoms. The highest BCUT2D eigenvalue weighted by Gasteiger charge is 2.11. The summed E-state index contributed by atoms with van der Waals surface area (Å²) in [5, 5.41) is 10.8. The molecule has 1 unspecified atom stereocenters. The van der Waals surface area contributed by atoms with Gasteiger partial charge in [-0.1, -0.05) is 60.7 Å². The van der Waals surface area contributed by atoms with Gasteiger partial charge in [-0.25, -0.2) is 0 Å². The van der Waals surface area contributed by atoms with Gasteiger partial charge in [-0.15, -0.1) is 0 Å². The minimum Gasteiger partial charge on any atom is -0.306 e. The first-order chi connectivity index (χ1) is 11.8. The molecule has 3 rings (SSSR count). The topological polar surface area (TPSA) is 40.7 Å². The predicted octanol–water partition coefficient (Wildman–Crippen LogP) is 4.57. The van der Waals surface area contributed by atoms with Crippen molar-refractivity contribution in [1.29, 1.82) is 0 Å². The SMILES string of the molecule is Cc1[nH]ncc1CNC(CCCc1ccccc1)c1ccccc1. The van der Waals surface area contributed by atoms with E-state index < -0.39 is 0 Å². The maximum absolute atomic E-state index is 4.11.